The van der Waals surface area contributed by atoms with Crippen molar-refractivity contribution in [3.63, 3.8) is 0 Å². The van der Waals surface area contributed by atoms with Crippen LogP contribution in [-0.2, 0) is 13.6 Å². The van der Waals surface area contributed by atoms with Gasteiger partial charge < -0.3 is 9.88 Å². The minimum atomic E-state index is 0.552. The minimum absolute atomic E-state index is 0.552. The third-order valence-electron chi connectivity index (χ3n) is 2.31. The van der Waals surface area contributed by atoms with Gasteiger partial charge in [0.25, 0.3) is 0 Å². The van der Waals surface area contributed by atoms with Crippen molar-refractivity contribution < 1.29 is 0 Å². The van der Waals surface area contributed by atoms with Crippen molar-refractivity contribution >= 4 is 28.9 Å². The van der Waals surface area contributed by atoms with Gasteiger partial charge in [-0.25, -0.2) is 4.98 Å². The molecule has 0 saturated carbocycles. The molecule has 0 spiro atoms. The van der Waals surface area contributed by atoms with E-state index < -0.39 is 0 Å². The van der Waals surface area contributed by atoms with E-state index >= 15 is 0 Å². The zero-order valence-electron chi connectivity index (χ0n) is 8.74. The number of aromatic nitrogens is 2. The Bertz CT molecular complexity index is 494. The number of halogens is 2. The van der Waals surface area contributed by atoms with E-state index in [1.807, 2.05) is 23.9 Å². The van der Waals surface area contributed by atoms with Gasteiger partial charge >= 0.3 is 0 Å². The third-order valence-corrected chi connectivity index (χ3v) is 3.05. The molecule has 0 aliphatic rings. The SMILES string of the molecule is Cn1cncc1CNc1ccc(Cl)c(Cl)c1. The molecule has 84 valence electrons. The monoisotopic (exact) mass is 255 g/mol. The van der Waals surface area contributed by atoms with Crippen molar-refractivity contribution in [3.8, 4) is 0 Å². The maximum absolute atomic E-state index is 5.92. The van der Waals surface area contributed by atoms with Crippen molar-refractivity contribution in [1.82, 2.24) is 9.55 Å². The Balaban J connectivity index is 2.05. The van der Waals surface area contributed by atoms with E-state index in [0.717, 1.165) is 11.4 Å². The smallest absolute Gasteiger partial charge is 0.0946 e. The van der Waals surface area contributed by atoms with Crippen molar-refractivity contribution in [2.45, 2.75) is 6.54 Å². The molecule has 5 heteroatoms. The molecule has 0 bridgehead atoms. The van der Waals surface area contributed by atoms with Crippen molar-refractivity contribution in [2.75, 3.05) is 5.32 Å². The van der Waals surface area contributed by atoms with Crippen LogP contribution in [-0.4, -0.2) is 9.55 Å². The number of nitrogens with one attached hydrogen (secondary N) is 1. The quantitative estimate of drug-likeness (QED) is 0.912. The lowest BCUT2D eigenvalue weighted by Gasteiger charge is -2.07. The number of rotatable bonds is 3. The van der Waals surface area contributed by atoms with Crippen molar-refractivity contribution in [2.24, 2.45) is 7.05 Å². The summed E-state index contributed by atoms with van der Waals surface area (Å²) in [4.78, 5) is 4.04. The standard InChI is InChI=1S/C11H11Cl2N3/c1-16-7-14-5-9(16)6-15-8-2-3-10(12)11(13)4-8/h2-5,7,15H,6H2,1H3. The lowest BCUT2D eigenvalue weighted by atomic mass is 10.3. The molecule has 1 aromatic heterocycles. The van der Waals surface area contributed by atoms with E-state index in [4.69, 9.17) is 23.2 Å². The number of hydrogen-bond acceptors (Lipinski definition) is 2. The Hall–Kier alpha value is -1.19. The summed E-state index contributed by atoms with van der Waals surface area (Å²) in [7, 11) is 1.96. The molecule has 0 saturated heterocycles. The molecule has 16 heavy (non-hydrogen) atoms. The summed E-state index contributed by atoms with van der Waals surface area (Å²) in [6.07, 6.45) is 3.59. The van der Waals surface area contributed by atoms with Gasteiger partial charge in [-0.3, -0.25) is 0 Å². The van der Waals surface area contributed by atoms with Gasteiger partial charge in [-0.1, -0.05) is 23.2 Å². The third kappa shape index (κ3) is 2.49. The maximum Gasteiger partial charge on any atom is 0.0946 e. The van der Waals surface area contributed by atoms with Crippen LogP contribution in [0.15, 0.2) is 30.7 Å². The van der Waals surface area contributed by atoms with Crippen LogP contribution in [0.4, 0.5) is 5.69 Å². The molecule has 1 N–H and O–H groups in total. The van der Waals surface area contributed by atoms with Gasteiger partial charge in [0, 0.05) is 18.9 Å². The summed E-state index contributed by atoms with van der Waals surface area (Å²) in [5.74, 6) is 0. The lowest BCUT2D eigenvalue weighted by molar-refractivity contribution is 0.837. The highest BCUT2D eigenvalue weighted by molar-refractivity contribution is 6.42. The minimum Gasteiger partial charge on any atom is -0.379 e. The first-order valence-electron chi connectivity index (χ1n) is 4.81. The first-order valence-corrected chi connectivity index (χ1v) is 5.56. The summed E-state index contributed by atoms with van der Waals surface area (Å²) in [6, 6.07) is 5.47. The number of imidazole rings is 1. The fraction of sp³-hybridized carbons (Fsp3) is 0.182. The molecule has 0 aliphatic carbocycles. The fourth-order valence-electron chi connectivity index (χ4n) is 1.35. The predicted octanol–water partition coefficient (Wildman–Crippen LogP) is 3.34. The molecule has 0 fully saturated rings. The van der Waals surface area contributed by atoms with Gasteiger partial charge in [-0.05, 0) is 18.2 Å². The zero-order valence-corrected chi connectivity index (χ0v) is 10.3. The second-order valence-corrected chi connectivity index (χ2v) is 4.29. The second kappa shape index (κ2) is 4.76. The predicted molar refractivity (Wildman–Crippen MR) is 67.0 cm³/mol. The number of nitrogens with zero attached hydrogens (tertiary/aromatic N) is 2. The van der Waals surface area contributed by atoms with Gasteiger partial charge in [0.1, 0.15) is 0 Å². The average Bonchev–Trinajstić information content (AvgIpc) is 2.66. The van der Waals surface area contributed by atoms with Gasteiger partial charge in [-0.2, -0.15) is 0 Å². The van der Waals surface area contributed by atoms with E-state index in [9.17, 15) is 0 Å². The van der Waals surface area contributed by atoms with E-state index in [-0.39, 0.29) is 0 Å². The number of anilines is 1. The number of benzene rings is 1. The van der Waals surface area contributed by atoms with E-state index in [0.29, 0.717) is 16.6 Å². The summed E-state index contributed by atoms with van der Waals surface area (Å²) in [6.45, 7) is 0.703. The molecule has 0 aliphatic heterocycles. The first-order chi connectivity index (χ1) is 7.66. The van der Waals surface area contributed by atoms with Crippen LogP contribution < -0.4 is 5.32 Å². The Morgan fingerprint density at radius 1 is 1.31 bits per heavy atom. The average molecular weight is 256 g/mol. The Morgan fingerprint density at radius 3 is 2.75 bits per heavy atom. The Kier molecular flexibility index (Phi) is 3.36. The van der Waals surface area contributed by atoms with Crippen LogP contribution >= 0.6 is 23.2 Å². The highest BCUT2D eigenvalue weighted by atomic mass is 35.5. The number of hydrogen-bond donors (Lipinski definition) is 1. The normalized spacial score (nSPS) is 10.4. The Morgan fingerprint density at radius 2 is 2.12 bits per heavy atom. The fourth-order valence-corrected chi connectivity index (χ4v) is 1.65. The molecule has 0 amide bonds. The molecule has 0 radical (unpaired) electrons. The topological polar surface area (TPSA) is 29.9 Å². The molecule has 2 rings (SSSR count). The molecule has 0 unspecified atom stereocenters. The molecule has 1 heterocycles. The zero-order chi connectivity index (χ0) is 11.5. The molecular weight excluding hydrogens is 245 g/mol. The van der Waals surface area contributed by atoms with Gasteiger partial charge in [-0.15, -0.1) is 0 Å². The molecular formula is C11H11Cl2N3. The van der Waals surface area contributed by atoms with Gasteiger partial charge in [0.15, 0.2) is 0 Å². The number of aryl methyl sites for hydroxylation is 1. The van der Waals surface area contributed by atoms with E-state index in [1.165, 1.54) is 0 Å². The summed E-state index contributed by atoms with van der Waals surface area (Å²) >= 11 is 11.7. The first kappa shape index (κ1) is 11.3. The summed E-state index contributed by atoms with van der Waals surface area (Å²) in [5.41, 5.74) is 2.04. The second-order valence-electron chi connectivity index (χ2n) is 3.48. The molecule has 0 atom stereocenters. The summed E-state index contributed by atoms with van der Waals surface area (Å²) < 4.78 is 1.96. The van der Waals surface area contributed by atoms with Crippen molar-refractivity contribution in [3.05, 3.63) is 46.5 Å². The highest BCUT2D eigenvalue weighted by Gasteiger charge is 2.01. The van der Waals surface area contributed by atoms with Crippen molar-refractivity contribution in [1.29, 1.82) is 0 Å². The molecule has 3 nitrogen and oxygen atoms in total. The molecule has 1 aromatic carbocycles. The van der Waals surface area contributed by atoms with Crippen LogP contribution in [0.3, 0.4) is 0 Å². The maximum atomic E-state index is 5.92. The van der Waals surface area contributed by atoms with Crippen LogP contribution in [0.1, 0.15) is 5.69 Å². The molecule has 2 aromatic rings. The van der Waals surface area contributed by atoms with Crippen LogP contribution in [0.2, 0.25) is 10.0 Å². The summed E-state index contributed by atoms with van der Waals surface area (Å²) in [5, 5.41) is 4.37. The van der Waals surface area contributed by atoms with Gasteiger partial charge in [0.2, 0.25) is 0 Å². The lowest BCUT2D eigenvalue weighted by Crippen LogP contribution is -2.03. The highest BCUT2D eigenvalue weighted by Crippen LogP contribution is 2.25. The van der Waals surface area contributed by atoms with E-state index in [2.05, 4.69) is 10.3 Å². The van der Waals surface area contributed by atoms with Crippen LogP contribution in [0.5, 0.6) is 0 Å². The van der Waals surface area contributed by atoms with E-state index in [1.54, 1.807) is 18.5 Å². The van der Waals surface area contributed by atoms with Crippen LogP contribution in [0.25, 0.3) is 0 Å². The largest absolute Gasteiger partial charge is 0.379 e. The van der Waals surface area contributed by atoms with Crippen LogP contribution in [0, 0.1) is 0 Å². The Labute approximate surface area is 104 Å². The van der Waals surface area contributed by atoms with Gasteiger partial charge in [0.05, 0.1) is 28.6 Å².